The third-order valence-electron chi connectivity index (χ3n) is 10.3. The van der Waals surface area contributed by atoms with Crippen LogP contribution in [0.1, 0.15) is 33.1 Å². The summed E-state index contributed by atoms with van der Waals surface area (Å²) < 4.78 is 537. The Labute approximate surface area is 366 Å². The van der Waals surface area contributed by atoms with Gasteiger partial charge >= 0.3 is 107 Å². The van der Waals surface area contributed by atoms with Crippen molar-refractivity contribution in [1.29, 1.82) is 0 Å². The predicted molar refractivity (Wildman–Crippen MR) is 154 cm³/mol. The molecule has 2 nitrogen and oxygen atoms in total. The Morgan fingerprint density at radius 2 is 0.437 bits per heavy atom. The Bertz CT molecular complexity index is 1630. The Morgan fingerprint density at radius 3 is 0.577 bits per heavy atom. The summed E-state index contributed by atoms with van der Waals surface area (Å²) in [4.78, 5) is 0. The topological polar surface area (TPSA) is 40.5 Å². The minimum atomic E-state index is -8.94. The van der Waals surface area contributed by atoms with E-state index in [4.69, 9.17) is 0 Å². The molecule has 0 bridgehead atoms. The first-order valence-electron chi connectivity index (χ1n) is 17.3. The molecule has 0 aromatic heterocycles. The summed E-state index contributed by atoms with van der Waals surface area (Å²) in [5, 5.41) is 20.2. The lowest BCUT2D eigenvalue weighted by atomic mass is 9.93. The zero-order valence-corrected chi connectivity index (χ0v) is 34.2. The van der Waals surface area contributed by atoms with Crippen LogP contribution in [0.3, 0.4) is 0 Å². The van der Waals surface area contributed by atoms with Crippen molar-refractivity contribution in [1.82, 2.24) is 0 Å². The fourth-order valence-corrected chi connectivity index (χ4v) is 10.7. The summed E-state index contributed by atoms with van der Waals surface area (Å²) in [6, 6.07) is -13.2. The lowest BCUT2D eigenvalue weighted by Gasteiger charge is -2.44. The normalized spacial score (nSPS) is 17.3. The third-order valence-corrected chi connectivity index (χ3v) is 15.5. The van der Waals surface area contributed by atoms with Crippen molar-refractivity contribution in [2.45, 2.75) is 176 Å². The first-order chi connectivity index (χ1) is 30.0. The van der Waals surface area contributed by atoms with Crippen LogP contribution in [0.15, 0.2) is 0 Å². The van der Waals surface area contributed by atoms with Crippen molar-refractivity contribution in [3.63, 3.8) is 0 Å². The van der Waals surface area contributed by atoms with Gasteiger partial charge in [0, 0.05) is 19.3 Å². The van der Waals surface area contributed by atoms with E-state index in [-0.39, 0.29) is 13.8 Å². The molecule has 1 unspecified atom stereocenters. The molecule has 0 aliphatic carbocycles. The molecule has 1 atom stereocenters. The van der Waals surface area contributed by atoms with Crippen LogP contribution in [0.25, 0.3) is 0 Å². The number of aliphatic hydroxyl groups excluding tert-OH is 1. The van der Waals surface area contributed by atoms with E-state index in [1.165, 1.54) is 0 Å². The molecule has 71 heavy (non-hydrogen) atoms. The van der Waals surface area contributed by atoms with E-state index in [0.29, 0.717) is 0 Å². The fourth-order valence-electron chi connectivity index (χ4n) is 5.48. The SMILES string of the molecule is CC(C)(O)C(O)C[Si](CCC(F)(F)C(F)(F)C(F)(F)C(F)(F)C(F)(F)C(F)(F)F)(CCC(F)(F)C(F)(F)C(F)(F)C(F)(F)C(F)(F)C(F)(F)F)CCC(F)(F)C(F)(F)C(F)(F)C(F)(F)C(F)(F)C(F)(F)F. The highest BCUT2D eigenvalue weighted by molar-refractivity contribution is 6.80. The van der Waals surface area contributed by atoms with Gasteiger partial charge in [-0.25, -0.2) is 0 Å². The summed E-state index contributed by atoms with van der Waals surface area (Å²) >= 11 is 0. The number of hydrogen-bond acceptors (Lipinski definition) is 2. The summed E-state index contributed by atoms with van der Waals surface area (Å²) in [7, 11) is -7.18. The summed E-state index contributed by atoms with van der Waals surface area (Å²) in [5.41, 5.74) is -3.42. The van der Waals surface area contributed by atoms with Gasteiger partial charge in [-0.2, -0.15) is 171 Å². The van der Waals surface area contributed by atoms with E-state index >= 15 is 0 Å². The molecule has 0 saturated carbocycles. The minimum absolute atomic E-state index is 0.0154. The molecule has 2 N–H and O–H groups in total. The lowest BCUT2D eigenvalue weighted by Crippen LogP contribution is -2.70. The van der Waals surface area contributed by atoms with Gasteiger partial charge in [-0.05, 0) is 19.9 Å². The van der Waals surface area contributed by atoms with E-state index in [0.717, 1.165) is 0 Å². The second-order valence-electron chi connectivity index (χ2n) is 15.9. The van der Waals surface area contributed by atoms with E-state index in [2.05, 4.69) is 0 Å². The van der Waals surface area contributed by atoms with Crippen LogP contribution in [-0.2, 0) is 0 Å². The number of halogens is 39. The second kappa shape index (κ2) is 18.3. The van der Waals surface area contributed by atoms with Gasteiger partial charge in [0.05, 0.1) is 19.8 Å². The molecule has 0 amide bonds. The van der Waals surface area contributed by atoms with Crippen molar-refractivity contribution in [2.24, 2.45) is 0 Å². The maximum atomic E-state index is 14.9. The van der Waals surface area contributed by atoms with Gasteiger partial charge < -0.3 is 10.2 Å². The molecule has 0 radical (unpaired) electrons. The molecular weight excluding hydrogens is 1150 g/mol. The number of aliphatic hydroxyl groups is 2. The molecule has 0 aliphatic heterocycles. The zero-order valence-electron chi connectivity index (χ0n) is 33.2. The highest BCUT2D eigenvalue weighted by atomic mass is 28.3. The van der Waals surface area contributed by atoms with Crippen LogP contribution < -0.4 is 0 Å². The average Bonchev–Trinajstić information content (AvgIpc) is 3.12. The van der Waals surface area contributed by atoms with Crippen molar-refractivity contribution >= 4 is 8.07 Å². The number of hydrogen-bond donors (Lipinski definition) is 2. The van der Waals surface area contributed by atoms with Gasteiger partial charge in [0.25, 0.3) is 0 Å². The molecule has 0 saturated heterocycles. The Morgan fingerprint density at radius 1 is 0.282 bits per heavy atom. The van der Waals surface area contributed by atoms with Crippen molar-refractivity contribution in [2.75, 3.05) is 0 Å². The van der Waals surface area contributed by atoms with Gasteiger partial charge in [-0.1, -0.05) is 18.1 Å². The first-order valence-corrected chi connectivity index (χ1v) is 20.1. The molecule has 0 spiro atoms. The van der Waals surface area contributed by atoms with Crippen molar-refractivity contribution in [3.05, 3.63) is 0 Å². The van der Waals surface area contributed by atoms with E-state index in [1.807, 2.05) is 0 Å². The first kappa shape index (κ1) is 68.4. The molecule has 0 aliphatic rings. The molecule has 0 heterocycles. The van der Waals surface area contributed by atoms with Gasteiger partial charge in [0.1, 0.15) is 0 Å². The highest BCUT2D eigenvalue weighted by Gasteiger charge is 2.93. The summed E-state index contributed by atoms with van der Waals surface area (Å²) in [6.45, 7) is 0.0307. The standard InChI is InChI=1S/C29H23F39O2Si/c1-11(2,70)10(69)9-71(6-3-12(30,31)15(36,37)18(42,43)21(48,49)24(54,55)27(60,61)62,7-4-13(32,33)16(38,39)19(44,45)22(50,51)25(56,57)28(63,64)65)8-5-14(34,35)17(40,41)20(46,47)23(52,53)26(58,59)29(66,67)68/h10,69-70H,3-9H2,1-2H3. The van der Waals surface area contributed by atoms with E-state index < -0.39 is 171 Å². The van der Waals surface area contributed by atoms with Crippen LogP contribution in [0.2, 0.25) is 24.2 Å². The fraction of sp³-hybridized carbons (Fsp3) is 1.00. The lowest BCUT2D eigenvalue weighted by molar-refractivity contribution is -0.440. The number of alkyl halides is 39. The van der Waals surface area contributed by atoms with Crippen LogP contribution in [0.4, 0.5) is 171 Å². The minimum Gasteiger partial charge on any atom is -0.390 e. The maximum absolute atomic E-state index is 14.9. The van der Waals surface area contributed by atoms with Crippen molar-refractivity contribution in [3.8, 4) is 0 Å². The van der Waals surface area contributed by atoms with E-state index in [1.54, 1.807) is 0 Å². The molecule has 0 rings (SSSR count). The second-order valence-corrected chi connectivity index (χ2v) is 20.8. The molecule has 428 valence electrons. The summed E-state index contributed by atoms with van der Waals surface area (Å²) in [6.07, 6.45) is -40.6. The van der Waals surface area contributed by atoms with Gasteiger partial charge in [0.2, 0.25) is 0 Å². The zero-order chi connectivity index (χ0) is 58.5. The van der Waals surface area contributed by atoms with Crippen LogP contribution >= 0.6 is 0 Å². The van der Waals surface area contributed by atoms with Crippen LogP contribution in [-0.4, -0.2) is 137 Å². The smallest absolute Gasteiger partial charge is 0.390 e. The van der Waals surface area contributed by atoms with Crippen LogP contribution in [0.5, 0.6) is 0 Å². The molecule has 42 heteroatoms. The Hall–Kier alpha value is -2.59. The average molecular weight is 1170 g/mol. The Kier molecular flexibility index (Phi) is 17.6. The van der Waals surface area contributed by atoms with Crippen molar-refractivity contribution < 1.29 is 181 Å². The van der Waals surface area contributed by atoms with Crippen LogP contribution in [0, 0.1) is 0 Å². The largest absolute Gasteiger partial charge is 0.460 e. The molecule has 0 aromatic rings. The van der Waals surface area contributed by atoms with Gasteiger partial charge in [-0.15, -0.1) is 0 Å². The molecule has 0 fully saturated rings. The van der Waals surface area contributed by atoms with E-state index in [9.17, 15) is 181 Å². The summed E-state index contributed by atoms with van der Waals surface area (Å²) in [5.74, 6) is -128. The third kappa shape index (κ3) is 10.7. The Balaban J connectivity index is 8.48. The molecular formula is C29H23F39O2Si. The maximum Gasteiger partial charge on any atom is 0.460 e. The highest BCUT2D eigenvalue weighted by Crippen LogP contribution is 2.65. The predicted octanol–water partition coefficient (Wildman–Crippen LogP) is 15.0. The number of rotatable bonds is 24. The quantitative estimate of drug-likeness (QED) is 0.0747. The monoisotopic (exact) mass is 1170 g/mol. The van der Waals surface area contributed by atoms with Gasteiger partial charge in [0.15, 0.2) is 0 Å². The molecule has 0 aromatic carbocycles. The van der Waals surface area contributed by atoms with Gasteiger partial charge in [-0.3, -0.25) is 0 Å².